The second-order valence-corrected chi connectivity index (χ2v) is 4.98. The first kappa shape index (κ1) is 14.5. The highest BCUT2D eigenvalue weighted by atomic mass is 16.5. The van der Waals surface area contributed by atoms with E-state index >= 15 is 0 Å². The van der Waals surface area contributed by atoms with Crippen LogP contribution in [0.1, 0.15) is 35.2 Å². The van der Waals surface area contributed by atoms with Crippen molar-refractivity contribution in [3.8, 4) is 0 Å². The number of amides is 1. The molecule has 5 nitrogen and oxygen atoms in total. The maximum atomic E-state index is 12.5. The zero-order chi connectivity index (χ0) is 14.5. The average molecular weight is 277 g/mol. The minimum absolute atomic E-state index is 0.213. The van der Waals surface area contributed by atoms with Crippen LogP contribution in [-0.2, 0) is 16.1 Å². The normalized spacial score (nSPS) is 18.9. The molecule has 20 heavy (non-hydrogen) atoms. The molecule has 1 fully saturated rings. The summed E-state index contributed by atoms with van der Waals surface area (Å²) >= 11 is 0. The smallest absolute Gasteiger partial charge is 0.326 e. The molecule has 1 amide bonds. The fourth-order valence-electron chi connectivity index (χ4n) is 2.56. The average Bonchev–Trinajstić information content (AvgIpc) is 2.47. The molecule has 0 bridgehead atoms. The first-order valence-electron chi connectivity index (χ1n) is 6.75. The largest absolute Gasteiger partial charge is 0.480 e. The zero-order valence-electron chi connectivity index (χ0n) is 11.5. The highest BCUT2D eigenvalue weighted by Gasteiger charge is 2.32. The van der Waals surface area contributed by atoms with Gasteiger partial charge in [-0.25, -0.2) is 4.79 Å². The van der Waals surface area contributed by atoms with Gasteiger partial charge in [-0.1, -0.05) is 12.1 Å². The molecule has 2 rings (SSSR count). The number of benzene rings is 1. The van der Waals surface area contributed by atoms with Gasteiger partial charge in [0.15, 0.2) is 0 Å². The number of carboxylic acid groups (broad SMARTS) is 1. The van der Waals surface area contributed by atoms with E-state index < -0.39 is 12.0 Å². The molecular formula is C15H19NO4. The molecule has 1 atom stereocenters. The van der Waals surface area contributed by atoms with Gasteiger partial charge in [-0.2, -0.15) is 0 Å². The number of hydrogen-bond donors (Lipinski definition) is 1. The van der Waals surface area contributed by atoms with Crippen molar-refractivity contribution >= 4 is 11.9 Å². The molecular weight excluding hydrogens is 258 g/mol. The Morgan fingerprint density at radius 1 is 1.40 bits per heavy atom. The Labute approximate surface area is 118 Å². The van der Waals surface area contributed by atoms with E-state index in [-0.39, 0.29) is 5.91 Å². The van der Waals surface area contributed by atoms with Crippen molar-refractivity contribution in [2.45, 2.75) is 31.9 Å². The fraction of sp³-hybridized carbons (Fsp3) is 0.467. The highest BCUT2D eigenvalue weighted by Crippen LogP contribution is 2.20. The molecule has 5 heteroatoms. The molecule has 0 radical (unpaired) electrons. The van der Waals surface area contributed by atoms with E-state index in [1.54, 1.807) is 25.3 Å². The summed E-state index contributed by atoms with van der Waals surface area (Å²) in [7, 11) is 1.60. The minimum atomic E-state index is -0.925. The van der Waals surface area contributed by atoms with Gasteiger partial charge < -0.3 is 14.7 Å². The van der Waals surface area contributed by atoms with Gasteiger partial charge in [-0.05, 0) is 37.0 Å². The van der Waals surface area contributed by atoms with E-state index in [0.717, 1.165) is 18.4 Å². The SMILES string of the molecule is COCc1cccc(C(=O)N2CCCC[C@H]2C(=O)O)c1. The van der Waals surface area contributed by atoms with Crippen LogP contribution in [0.15, 0.2) is 24.3 Å². The van der Waals surface area contributed by atoms with Crippen molar-refractivity contribution in [3.05, 3.63) is 35.4 Å². The van der Waals surface area contributed by atoms with Crippen LogP contribution in [0.5, 0.6) is 0 Å². The van der Waals surface area contributed by atoms with Gasteiger partial charge in [0.2, 0.25) is 0 Å². The van der Waals surface area contributed by atoms with Crippen molar-refractivity contribution in [1.29, 1.82) is 0 Å². The van der Waals surface area contributed by atoms with Gasteiger partial charge in [0, 0.05) is 19.2 Å². The first-order chi connectivity index (χ1) is 9.63. The van der Waals surface area contributed by atoms with Crippen LogP contribution in [0.4, 0.5) is 0 Å². The van der Waals surface area contributed by atoms with Crippen LogP contribution in [0.25, 0.3) is 0 Å². The van der Waals surface area contributed by atoms with Crippen molar-refractivity contribution in [1.82, 2.24) is 4.90 Å². The van der Waals surface area contributed by atoms with E-state index in [0.29, 0.717) is 25.1 Å². The topological polar surface area (TPSA) is 66.8 Å². The highest BCUT2D eigenvalue weighted by molar-refractivity contribution is 5.96. The van der Waals surface area contributed by atoms with Gasteiger partial charge in [-0.3, -0.25) is 4.79 Å². The van der Waals surface area contributed by atoms with E-state index in [2.05, 4.69) is 0 Å². The molecule has 1 saturated heterocycles. The van der Waals surface area contributed by atoms with Gasteiger partial charge in [0.25, 0.3) is 5.91 Å². The molecule has 1 aromatic carbocycles. The van der Waals surface area contributed by atoms with Crippen LogP contribution in [0.2, 0.25) is 0 Å². The number of carbonyl (C=O) groups excluding carboxylic acids is 1. The Bertz CT molecular complexity index is 500. The zero-order valence-corrected chi connectivity index (χ0v) is 11.5. The maximum Gasteiger partial charge on any atom is 0.326 e. The van der Waals surface area contributed by atoms with Crippen molar-refractivity contribution in [2.24, 2.45) is 0 Å². The van der Waals surface area contributed by atoms with Gasteiger partial charge in [0.1, 0.15) is 6.04 Å². The molecule has 108 valence electrons. The van der Waals surface area contributed by atoms with Crippen LogP contribution >= 0.6 is 0 Å². The number of carbonyl (C=O) groups is 2. The van der Waals surface area contributed by atoms with Gasteiger partial charge in [-0.15, -0.1) is 0 Å². The molecule has 0 saturated carbocycles. The van der Waals surface area contributed by atoms with Crippen LogP contribution < -0.4 is 0 Å². The Kier molecular flexibility index (Phi) is 4.74. The quantitative estimate of drug-likeness (QED) is 0.913. The third-order valence-corrected chi connectivity index (χ3v) is 3.53. The van der Waals surface area contributed by atoms with Crippen LogP contribution in [0.3, 0.4) is 0 Å². The molecule has 1 aliphatic rings. The summed E-state index contributed by atoms with van der Waals surface area (Å²) in [6.45, 7) is 0.938. The number of likely N-dealkylation sites (tertiary alicyclic amines) is 1. The summed E-state index contributed by atoms with van der Waals surface area (Å²) in [4.78, 5) is 25.2. The van der Waals surface area contributed by atoms with Gasteiger partial charge >= 0.3 is 5.97 Å². The molecule has 1 heterocycles. The van der Waals surface area contributed by atoms with Crippen LogP contribution in [0, 0.1) is 0 Å². The van der Waals surface area contributed by atoms with Crippen molar-refractivity contribution in [3.63, 3.8) is 0 Å². The Morgan fingerprint density at radius 3 is 2.90 bits per heavy atom. The number of aliphatic carboxylic acids is 1. The fourth-order valence-corrected chi connectivity index (χ4v) is 2.56. The van der Waals surface area contributed by atoms with Gasteiger partial charge in [0.05, 0.1) is 6.61 Å². The Hall–Kier alpha value is -1.88. The third-order valence-electron chi connectivity index (χ3n) is 3.53. The predicted octanol–water partition coefficient (Wildman–Crippen LogP) is 1.91. The molecule has 1 aromatic rings. The van der Waals surface area contributed by atoms with E-state index in [4.69, 9.17) is 4.74 Å². The lowest BCUT2D eigenvalue weighted by molar-refractivity contribution is -0.143. The minimum Gasteiger partial charge on any atom is -0.480 e. The summed E-state index contributed by atoms with van der Waals surface area (Å²) < 4.78 is 5.05. The van der Waals surface area contributed by atoms with Crippen molar-refractivity contribution in [2.75, 3.05) is 13.7 Å². The van der Waals surface area contributed by atoms with E-state index in [1.165, 1.54) is 4.90 Å². The number of hydrogen-bond acceptors (Lipinski definition) is 3. The number of ether oxygens (including phenoxy) is 1. The standard InChI is InChI=1S/C15H19NO4/c1-20-10-11-5-4-6-12(9-11)14(17)16-8-3-2-7-13(16)15(18)19/h4-6,9,13H,2-3,7-8,10H2,1H3,(H,18,19)/t13-/m0/s1. The Balaban J connectivity index is 2.20. The predicted molar refractivity (Wildman–Crippen MR) is 73.5 cm³/mol. The number of rotatable bonds is 4. The second-order valence-electron chi connectivity index (χ2n) is 4.98. The Morgan fingerprint density at radius 2 is 2.20 bits per heavy atom. The summed E-state index contributed by atoms with van der Waals surface area (Å²) in [6, 6.07) is 6.45. The maximum absolute atomic E-state index is 12.5. The summed E-state index contributed by atoms with van der Waals surface area (Å²) in [5.41, 5.74) is 1.43. The number of nitrogens with zero attached hydrogens (tertiary/aromatic N) is 1. The number of carboxylic acids is 1. The molecule has 0 spiro atoms. The molecule has 0 aromatic heterocycles. The van der Waals surface area contributed by atoms with Crippen LogP contribution in [-0.4, -0.2) is 41.6 Å². The monoisotopic (exact) mass is 277 g/mol. The molecule has 0 unspecified atom stereocenters. The lowest BCUT2D eigenvalue weighted by atomic mass is 10.0. The summed E-state index contributed by atoms with van der Waals surface area (Å²) in [5.74, 6) is -1.14. The summed E-state index contributed by atoms with van der Waals surface area (Å²) in [6.07, 6.45) is 2.23. The number of piperidine rings is 1. The lowest BCUT2D eigenvalue weighted by Crippen LogP contribution is -2.48. The number of methoxy groups -OCH3 is 1. The molecule has 1 aliphatic heterocycles. The van der Waals surface area contributed by atoms with E-state index in [9.17, 15) is 14.7 Å². The first-order valence-corrected chi connectivity index (χ1v) is 6.75. The second kappa shape index (κ2) is 6.52. The lowest BCUT2D eigenvalue weighted by Gasteiger charge is -2.33. The van der Waals surface area contributed by atoms with E-state index in [1.807, 2.05) is 6.07 Å². The van der Waals surface area contributed by atoms with Crippen molar-refractivity contribution < 1.29 is 19.4 Å². The summed E-state index contributed by atoms with van der Waals surface area (Å²) in [5, 5.41) is 9.23. The molecule has 1 N–H and O–H groups in total. The third kappa shape index (κ3) is 3.17. The molecule has 0 aliphatic carbocycles.